The largest absolute Gasteiger partial charge is 0.346 e. The molecule has 0 aliphatic carbocycles. The highest BCUT2D eigenvalue weighted by atomic mass is 32.2. The van der Waals surface area contributed by atoms with E-state index < -0.39 is 0 Å². The SMILES string of the molecule is C/C(=N/NC(=S)N1CCSCC1)c1ccccn1. The van der Waals surface area contributed by atoms with Gasteiger partial charge in [-0.05, 0) is 31.3 Å². The second kappa shape index (κ2) is 6.70. The summed E-state index contributed by atoms with van der Waals surface area (Å²) in [5, 5.41) is 4.98. The Morgan fingerprint density at radius 3 is 2.89 bits per heavy atom. The monoisotopic (exact) mass is 280 g/mol. The van der Waals surface area contributed by atoms with Gasteiger partial charge in [0.15, 0.2) is 5.11 Å². The maximum absolute atomic E-state index is 5.32. The Hall–Kier alpha value is -1.14. The van der Waals surface area contributed by atoms with Crippen LogP contribution in [0.3, 0.4) is 0 Å². The van der Waals surface area contributed by atoms with Crippen molar-refractivity contribution in [3.63, 3.8) is 0 Å². The Morgan fingerprint density at radius 1 is 1.44 bits per heavy atom. The lowest BCUT2D eigenvalue weighted by Gasteiger charge is -2.27. The highest BCUT2D eigenvalue weighted by molar-refractivity contribution is 7.99. The molecule has 6 heteroatoms. The van der Waals surface area contributed by atoms with Crippen LogP contribution in [0.1, 0.15) is 12.6 Å². The first-order valence-corrected chi connectivity index (χ1v) is 7.42. The average molecular weight is 280 g/mol. The molecular weight excluding hydrogens is 264 g/mol. The highest BCUT2D eigenvalue weighted by Crippen LogP contribution is 2.09. The molecule has 1 aliphatic rings. The molecule has 0 atom stereocenters. The summed E-state index contributed by atoms with van der Waals surface area (Å²) in [7, 11) is 0. The Morgan fingerprint density at radius 2 is 2.22 bits per heavy atom. The predicted molar refractivity (Wildman–Crippen MR) is 81.1 cm³/mol. The van der Waals surface area contributed by atoms with Crippen LogP contribution in [0, 0.1) is 0 Å². The van der Waals surface area contributed by atoms with Crippen molar-refractivity contribution in [3.05, 3.63) is 30.1 Å². The first-order chi connectivity index (χ1) is 8.77. The number of hydrogen-bond acceptors (Lipinski definition) is 4. The number of aromatic nitrogens is 1. The summed E-state index contributed by atoms with van der Waals surface area (Å²) >= 11 is 7.28. The van der Waals surface area contributed by atoms with E-state index in [4.69, 9.17) is 12.2 Å². The zero-order valence-corrected chi connectivity index (χ0v) is 11.9. The molecule has 1 aromatic heterocycles. The summed E-state index contributed by atoms with van der Waals surface area (Å²) in [4.78, 5) is 6.39. The van der Waals surface area contributed by atoms with Crippen molar-refractivity contribution in [1.82, 2.24) is 15.3 Å². The van der Waals surface area contributed by atoms with E-state index in [1.807, 2.05) is 36.9 Å². The van der Waals surface area contributed by atoms with Crippen LogP contribution in [-0.4, -0.2) is 45.3 Å². The van der Waals surface area contributed by atoms with Crippen LogP contribution in [0.5, 0.6) is 0 Å². The Kier molecular flexibility index (Phi) is 4.95. The molecule has 0 aromatic carbocycles. The van der Waals surface area contributed by atoms with E-state index in [-0.39, 0.29) is 0 Å². The topological polar surface area (TPSA) is 40.5 Å². The summed E-state index contributed by atoms with van der Waals surface area (Å²) in [5.41, 5.74) is 4.65. The van der Waals surface area contributed by atoms with Crippen LogP contribution in [0.25, 0.3) is 0 Å². The Balaban J connectivity index is 1.91. The zero-order valence-electron chi connectivity index (χ0n) is 10.3. The predicted octanol–water partition coefficient (Wildman–Crippen LogP) is 1.73. The molecule has 0 unspecified atom stereocenters. The van der Waals surface area contributed by atoms with Crippen molar-refractivity contribution < 1.29 is 0 Å². The number of rotatable bonds is 2. The van der Waals surface area contributed by atoms with E-state index in [0.717, 1.165) is 36.0 Å². The lowest BCUT2D eigenvalue weighted by atomic mass is 10.3. The molecule has 1 fully saturated rings. The van der Waals surface area contributed by atoms with Gasteiger partial charge < -0.3 is 4.90 Å². The van der Waals surface area contributed by atoms with Crippen LogP contribution < -0.4 is 5.43 Å². The molecule has 1 saturated heterocycles. The van der Waals surface area contributed by atoms with Gasteiger partial charge in [0.2, 0.25) is 0 Å². The van der Waals surface area contributed by atoms with Gasteiger partial charge in [0.25, 0.3) is 0 Å². The molecular formula is C12H16N4S2. The second-order valence-electron chi connectivity index (χ2n) is 3.93. The van der Waals surface area contributed by atoms with Crippen molar-refractivity contribution in [1.29, 1.82) is 0 Å². The van der Waals surface area contributed by atoms with Gasteiger partial charge in [-0.1, -0.05) is 6.07 Å². The molecule has 96 valence electrons. The standard InChI is InChI=1S/C12H16N4S2/c1-10(11-4-2-3-5-13-11)14-15-12(17)16-6-8-18-9-7-16/h2-5H,6-9H2,1H3,(H,15,17)/b14-10-. The molecule has 0 saturated carbocycles. The molecule has 2 heterocycles. The molecule has 1 aliphatic heterocycles. The number of hydrogen-bond donors (Lipinski definition) is 1. The van der Waals surface area contributed by atoms with Crippen molar-refractivity contribution in [3.8, 4) is 0 Å². The number of nitrogens with one attached hydrogen (secondary N) is 1. The third-order valence-corrected chi connectivity index (χ3v) is 3.95. The minimum Gasteiger partial charge on any atom is -0.346 e. The smallest absolute Gasteiger partial charge is 0.189 e. The highest BCUT2D eigenvalue weighted by Gasteiger charge is 2.12. The van der Waals surface area contributed by atoms with Crippen molar-refractivity contribution in [2.24, 2.45) is 5.10 Å². The average Bonchev–Trinajstić information content (AvgIpc) is 2.46. The fraction of sp³-hybridized carbons (Fsp3) is 0.417. The molecule has 0 amide bonds. The van der Waals surface area contributed by atoms with Crippen molar-refractivity contribution in [2.75, 3.05) is 24.6 Å². The second-order valence-corrected chi connectivity index (χ2v) is 5.54. The van der Waals surface area contributed by atoms with E-state index in [1.165, 1.54) is 0 Å². The third-order valence-electron chi connectivity index (χ3n) is 2.65. The quantitative estimate of drug-likeness (QED) is 0.507. The Bertz CT molecular complexity index is 427. The summed E-state index contributed by atoms with van der Waals surface area (Å²) in [6, 6.07) is 5.77. The van der Waals surface area contributed by atoms with E-state index in [0.29, 0.717) is 5.11 Å². The first-order valence-electron chi connectivity index (χ1n) is 5.86. The van der Waals surface area contributed by atoms with Crippen LogP contribution >= 0.6 is 24.0 Å². The molecule has 4 nitrogen and oxygen atoms in total. The van der Waals surface area contributed by atoms with Crippen molar-refractivity contribution in [2.45, 2.75) is 6.92 Å². The van der Waals surface area contributed by atoms with Crippen LogP contribution in [0.4, 0.5) is 0 Å². The summed E-state index contributed by atoms with van der Waals surface area (Å²) in [5.74, 6) is 2.26. The van der Waals surface area contributed by atoms with Crippen LogP contribution in [0.15, 0.2) is 29.5 Å². The van der Waals surface area contributed by atoms with E-state index >= 15 is 0 Å². The maximum atomic E-state index is 5.32. The molecule has 2 rings (SSSR count). The van der Waals surface area contributed by atoms with Gasteiger partial charge in [0, 0.05) is 30.8 Å². The lowest BCUT2D eigenvalue weighted by molar-refractivity contribution is 0.455. The van der Waals surface area contributed by atoms with E-state index in [9.17, 15) is 0 Å². The molecule has 1 N–H and O–H groups in total. The van der Waals surface area contributed by atoms with Crippen LogP contribution in [0.2, 0.25) is 0 Å². The van der Waals surface area contributed by atoms with Gasteiger partial charge in [-0.3, -0.25) is 10.4 Å². The van der Waals surface area contributed by atoms with Gasteiger partial charge in [0.05, 0.1) is 11.4 Å². The number of thioether (sulfide) groups is 1. The summed E-state index contributed by atoms with van der Waals surface area (Å²) < 4.78 is 0. The first kappa shape index (κ1) is 13.3. The van der Waals surface area contributed by atoms with Gasteiger partial charge >= 0.3 is 0 Å². The number of nitrogens with zero attached hydrogens (tertiary/aromatic N) is 3. The molecule has 1 aromatic rings. The van der Waals surface area contributed by atoms with Gasteiger partial charge in [-0.2, -0.15) is 16.9 Å². The lowest BCUT2D eigenvalue weighted by Crippen LogP contribution is -2.42. The summed E-state index contributed by atoms with van der Waals surface area (Å²) in [6.07, 6.45) is 1.76. The number of pyridine rings is 1. The fourth-order valence-electron chi connectivity index (χ4n) is 1.60. The minimum atomic E-state index is 0.700. The zero-order chi connectivity index (χ0) is 12.8. The maximum Gasteiger partial charge on any atom is 0.189 e. The molecule has 0 bridgehead atoms. The number of thiocarbonyl (C=S) groups is 1. The van der Waals surface area contributed by atoms with Crippen LogP contribution in [-0.2, 0) is 0 Å². The Labute approximate surface area is 117 Å². The number of hydrazone groups is 1. The fourth-order valence-corrected chi connectivity index (χ4v) is 2.73. The van der Waals surface area contributed by atoms with E-state index in [1.54, 1.807) is 6.20 Å². The third kappa shape index (κ3) is 3.68. The van der Waals surface area contributed by atoms with Gasteiger partial charge in [-0.15, -0.1) is 0 Å². The molecule has 0 radical (unpaired) electrons. The van der Waals surface area contributed by atoms with Gasteiger partial charge in [0.1, 0.15) is 0 Å². The molecule has 0 spiro atoms. The summed E-state index contributed by atoms with van der Waals surface area (Å²) in [6.45, 7) is 3.91. The minimum absolute atomic E-state index is 0.700. The van der Waals surface area contributed by atoms with Gasteiger partial charge in [-0.25, -0.2) is 0 Å². The molecule has 18 heavy (non-hydrogen) atoms. The van der Waals surface area contributed by atoms with E-state index in [2.05, 4.69) is 20.4 Å². The van der Waals surface area contributed by atoms with Crippen molar-refractivity contribution >= 4 is 34.8 Å². The normalized spacial score (nSPS) is 16.5.